The van der Waals surface area contributed by atoms with Gasteiger partial charge in [0.15, 0.2) is 0 Å². The molecule has 114 valence electrons. The van der Waals surface area contributed by atoms with Crippen molar-refractivity contribution in [2.45, 2.75) is 25.8 Å². The van der Waals surface area contributed by atoms with Crippen molar-refractivity contribution in [2.24, 2.45) is 0 Å². The van der Waals surface area contributed by atoms with E-state index in [1.54, 1.807) is 9.80 Å². The van der Waals surface area contributed by atoms with Crippen molar-refractivity contribution in [3.63, 3.8) is 0 Å². The van der Waals surface area contributed by atoms with Gasteiger partial charge in [0, 0.05) is 31.1 Å². The average molecular weight is 329 g/mol. The van der Waals surface area contributed by atoms with E-state index in [0.29, 0.717) is 18.3 Å². The summed E-state index contributed by atoms with van der Waals surface area (Å²) in [4.78, 5) is 28.0. The molecule has 0 aliphatic carbocycles. The quantitative estimate of drug-likeness (QED) is 0.797. The second-order valence-electron chi connectivity index (χ2n) is 4.98. The molecular formula is C15H18Cl2N2O2. The van der Waals surface area contributed by atoms with Crippen LogP contribution in [-0.2, 0) is 9.59 Å². The molecule has 0 fully saturated rings. The first kappa shape index (κ1) is 16.1. The zero-order chi connectivity index (χ0) is 15.4. The third kappa shape index (κ3) is 3.33. The number of carbonyl (C=O) groups is 2. The van der Waals surface area contributed by atoms with Crippen LogP contribution in [0.3, 0.4) is 0 Å². The Balaban J connectivity index is 2.38. The molecule has 4 nitrogen and oxygen atoms in total. The number of fused-ring (bicyclic) bond motifs is 1. The Labute approximate surface area is 134 Å². The molecule has 1 unspecified atom stereocenters. The van der Waals surface area contributed by atoms with Crippen molar-refractivity contribution in [1.29, 1.82) is 0 Å². The summed E-state index contributed by atoms with van der Waals surface area (Å²) >= 11 is 11.4. The average Bonchev–Trinajstić information content (AvgIpc) is 2.46. The molecule has 0 spiro atoms. The fraction of sp³-hybridized carbons (Fsp3) is 0.467. The molecule has 0 radical (unpaired) electrons. The first-order chi connectivity index (χ1) is 10.1. The fourth-order valence-corrected chi connectivity index (χ4v) is 2.93. The van der Waals surface area contributed by atoms with E-state index in [1.165, 1.54) is 0 Å². The van der Waals surface area contributed by atoms with E-state index in [1.807, 2.05) is 31.2 Å². The number of para-hydroxylation sites is 2. The molecule has 0 saturated carbocycles. The topological polar surface area (TPSA) is 40.6 Å². The zero-order valence-electron chi connectivity index (χ0n) is 11.9. The maximum Gasteiger partial charge on any atom is 0.228 e. The Morgan fingerprint density at radius 2 is 1.67 bits per heavy atom. The number of carbonyl (C=O) groups excluding carboxylic acids is 2. The van der Waals surface area contributed by atoms with E-state index in [-0.39, 0.29) is 30.7 Å². The van der Waals surface area contributed by atoms with Crippen LogP contribution in [0.15, 0.2) is 24.3 Å². The Hall–Kier alpha value is -1.26. The SMILES string of the molecule is CC1CN(C(=O)CCCl)c2ccccc2N1C(=O)CCCl. The van der Waals surface area contributed by atoms with Crippen LogP contribution in [0.2, 0.25) is 0 Å². The van der Waals surface area contributed by atoms with E-state index < -0.39 is 0 Å². The van der Waals surface area contributed by atoms with Gasteiger partial charge in [-0.15, -0.1) is 23.2 Å². The summed E-state index contributed by atoms with van der Waals surface area (Å²) in [7, 11) is 0. The first-order valence-corrected chi connectivity index (χ1v) is 8.00. The molecule has 1 aliphatic rings. The van der Waals surface area contributed by atoms with Crippen molar-refractivity contribution >= 4 is 46.4 Å². The van der Waals surface area contributed by atoms with E-state index in [0.717, 1.165) is 11.4 Å². The molecule has 0 saturated heterocycles. The number of rotatable bonds is 4. The second kappa shape index (κ2) is 7.14. The van der Waals surface area contributed by atoms with E-state index in [2.05, 4.69) is 0 Å². The van der Waals surface area contributed by atoms with Crippen LogP contribution in [0.25, 0.3) is 0 Å². The standard InChI is InChI=1S/C15H18Cl2N2O2/c1-11-10-18(14(20)6-8-16)12-4-2-3-5-13(12)19(11)15(21)7-9-17/h2-5,11H,6-10H2,1H3. The van der Waals surface area contributed by atoms with E-state index in [9.17, 15) is 9.59 Å². The number of amides is 2. The van der Waals surface area contributed by atoms with Gasteiger partial charge in [0.05, 0.1) is 17.4 Å². The van der Waals surface area contributed by atoms with Gasteiger partial charge in [-0.1, -0.05) is 12.1 Å². The highest BCUT2D eigenvalue weighted by molar-refractivity contribution is 6.20. The lowest BCUT2D eigenvalue weighted by molar-refractivity contribution is -0.120. The number of hydrogen-bond donors (Lipinski definition) is 0. The Morgan fingerprint density at radius 3 is 2.29 bits per heavy atom. The predicted molar refractivity (Wildman–Crippen MR) is 86.4 cm³/mol. The van der Waals surface area contributed by atoms with Gasteiger partial charge in [-0.2, -0.15) is 0 Å². The number of nitrogens with zero attached hydrogens (tertiary/aromatic N) is 2. The molecule has 1 aromatic rings. The Kier molecular flexibility index (Phi) is 5.48. The number of halogens is 2. The van der Waals surface area contributed by atoms with E-state index in [4.69, 9.17) is 23.2 Å². The lowest BCUT2D eigenvalue weighted by Gasteiger charge is -2.41. The second-order valence-corrected chi connectivity index (χ2v) is 5.74. The number of anilines is 2. The van der Waals surface area contributed by atoms with Gasteiger partial charge in [0.2, 0.25) is 11.8 Å². The van der Waals surface area contributed by atoms with Gasteiger partial charge >= 0.3 is 0 Å². The van der Waals surface area contributed by atoms with Gasteiger partial charge in [-0.25, -0.2) is 0 Å². The fourth-order valence-electron chi connectivity index (χ4n) is 2.61. The number of alkyl halides is 2. The minimum absolute atomic E-state index is 0.0191. The minimum Gasteiger partial charge on any atom is -0.308 e. The first-order valence-electron chi connectivity index (χ1n) is 6.93. The lowest BCUT2D eigenvalue weighted by Crippen LogP contribution is -2.52. The highest BCUT2D eigenvalue weighted by Crippen LogP contribution is 2.36. The monoisotopic (exact) mass is 328 g/mol. The van der Waals surface area contributed by atoms with E-state index >= 15 is 0 Å². The highest BCUT2D eigenvalue weighted by atomic mass is 35.5. The van der Waals surface area contributed by atoms with Crippen molar-refractivity contribution in [2.75, 3.05) is 28.1 Å². The number of benzene rings is 1. The largest absolute Gasteiger partial charge is 0.308 e. The van der Waals surface area contributed by atoms with Crippen molar-refractivity contribution in [3.05, 3.63) is 24.3 Å². The van der Waals surface area contributed by atoms with Gasteiger partial charge in [-0.3, -0.25) is 9.59 Å². The van der Waals surface area contributed by atoms with Crippen LogP contribution in [0.1, 0.15) is 19.8 Å². The summed E-state index contributed by atoms with van der Waals surface area (Å²) in [6.45, 7) is 2.41. The van der Waals surface area contributed by atoms with Gasteiger partial charge in [-0.05, 0) is 19.1 Å². The Morgan fingerprint density at radius 1 is 1.10 bits per heavy atom. The summed E-state index contributed by atoms with van der Waals surface area (Å²) < 4.78 is 0. The van der Waals surface area contributed by atoms with Crippen LogP contribution >= 0.6 is 23.2 Å². The third-order valence-corrected chi connectivity index (χ3v) is 3.88. The normalized spacial score (nSPS) is 17.6. The molecule has 0 aromatic heterocycles. The van der Waals surface area contributed by atoms with Gasteiger partial charge in [0.25, 0.3) is 0 Å². The van der Waals surface area contributed by atoms with Crippen LogP contribution in [0.4, 0.5) is 11.4 Å². The van der Waals surface area contributed by atoms with Crippen molar-refractivity contribution < 1.29 is 9.59 Å². The summed E-state index contributed by atoms with van der Waals surface area (Å²) in [5.41, 5.74) is 1.52. The molecule has 0 bridgehead atoms. The molecule has 1 aliphatic heterocycles. The molecule has 1 heterocycles. The van der Waals surface area contributed by atoms with Gasteiger partial charge in [0.1, 0.15) is 0 Å². The predicted octanol–water partition coefficient (Wildman–Crippen LogP) is 3.01. The maximum atomic E-state index is 12.3. The summed E-state index contributed by atoms with van der Waals surface area (Å²) in [6.07, 6.45) is 0.577. The maximum absolute atomic E-state index is 12.3. The summed E-state index contributed by atoms with van der Waals surface area (Å²) in [5.74, 6) is 0.544. The molecule has 1 aromatic carbocycles. The molecule has 6 heteroatoms. The molecule has 21 heavy (non-hydrogen) atoms. The zero-order valence-corrected chi connectivity index (χ0v) is 13.4. The molecule has 2 amide bonds. The third-order valence-electron chi connectivity index (χ3n) is 3.51. The Bertz CT molecular complexity index is 536. The van der Waals surface area contributed by atoms with Crippen LogP contribution in [-0.4, -0.2) is 36.2 Å². The van der Waals surface area contributed by atoms with Crippen molar-refractivity contribution in [3.8, 4) is 0 Å². The highest BCUT2D eigenvalue weighted by Gasteiger charge is 2.33. The smallest absolute Gasteiger partial charge is 0.228 e. The van der Waals surface area contributed by atoms with Crippen LogP contribution in [0, 0.1) is 0 Å². The molecule has 0 N–H and O–H groups in total. The number of hydrogen-bond acceptors (Lipinski definition) is 2. The minimum atomic E-state index is -0.0881. The van der Waals surface area contributed by atoms with Crippen LogP contribution in [0.5, 0.6) is 0 Å². The molecule has 2 rings (SSSR count). The van der Waals surface area contributed by atoms with Gasteiger partial charge < -0.3 is 9.80 Å². The summed E-state index contributed by atoms with van der Waals surface area (Å²) in [5, 5.41) is 0. The molecule has 1 atom stereocenters. The van der Waals surface area contributed by atoms with Crippen LogP contribution < -0.4 is 9.80 Å². The summed E-state index contributed by atoms with van der Waals surface area (Å²) in [6, 6.07) is 7.35. The molecular weight excluding hydrogens is 311 g/mol. The lowest BCUT2D eigenvalue weighted by atomic mass is 10.1. The van der Waals surface area contributed by atoms with Crippen molar-refractivity contribution in [1.82, 2.24) is 0 Å².